The molecule has 0 aliphatic carbocycles. The number of nitrogens with two attached hydrogens (primary N) is 1. The molecule has 2 atom stereocenters. The number of hydrogen-bond acceptors (Lipinski definition) is 5. The molecule has 0 fully saturated rings. The highest BCUT2D eigenvalue weighted by Crippen LogP contribution is 2.47. The predicted molar refractivity (Wildman–Crippen MR) is 89.8 cm³/mol. The van der Waals surface area contributed by atoms with Crippen LogP contribution < -0.4 is 21.6 Å². The minimum atomic E-state index is -1.58. The summed E-state index contributed by atoms with van der Waals surface area (Å²) < 4.78 is 6.93. The van der Waals surface area contributed by atoms with Crippen molar-refractivity contribution in [1.29, 1.82) is 0 Å². The Hall–Kier alpha value is -2.87. The van der Waals surface area contributed by atoms with Gasteiger partial charge in [-0.05, 0) is 39.0 Å². The summed E-state index contributed by atoms with van der Waals surface area (Å²) in [6, 6.07) is 5.78. The zero-order valence-corrected chi connectivity index (χ0v) is 14.1. The fourth-order valence-electron chi connectivity index (χ4n) is 3.04. The maximum Gasteiger partial charge on any atom is 0.265 e. The molecule has 1 aromatic heterocycles. The summed E-state index contributed by atoms with van der Waals surface area (Å²) in [5.74, 6) is -0.261. The first-order valence-electron chi connectivity index (χ1n) is 7.71. The molecule has 0 saturated carbocycles. The zero-order chi connectivity index (χ0) is 18.6. The number of amides is 1. The quantitative estimate of drug-likeness (QED) is 0.714. The molecule has 2 unspecified atom stereocenters. The average Bonchev–Trinajstić information content (AvgIpc) is 2.50. The Bertz CT molecular complexity index is 971. The number of nitrogens with zero attached hydrogens (tertiary/aromatic N) is 1. The number of ether oxygens (including phenoxy) is 1. The van der Waals surface area contributed by atoms with Crippen molar-refractivity contribution in [3.05, 3.63) is 62.2 Å². The van der Waals surface area contributed by atoms with Gasteiger partial charge in [0.05, 0.1) is 0 Å². The van der Waals surface area contributed by atoms with E-state index in [0.717, 1.165) is 16.8 Å². The topological polar surface area (TPSA) is 127 Å². The van der Waals surface area contributed by atoms with Crippen LogP contribution in [0.1, 0.15) is 42.7 Å². The Morgan fingerprint density at radius 3 is 2.56 bits per heavy atom. The molecule has 0 bridgehead atoms. The zero-order valence-electron chi connectivity index (χ0n) is 14.1. The number of nitrogens with one attached hydrogen (secondary N) is 1. The van der Waals surface area contributed by atoms with Crippen LogP contribution in [0.2, 0.25) is 0 Å². The molecule has 1 aromatic carbocycles. The molecule has 0 radical (unpaired) electrons. The minimum absolute atomic E-state index is 0.203. The van der Waals surface area contributed by atoms with Crippen LogP contribution in [0.15, 0.2) is 39.9 Å². The number of hydrogen-bond donors (Lipinski definition) is 3. The lowest BCUT2D eigenvalue weighted by Crippen LogP contribution is -2.61. The van der Waals surface area contributed by atoms with E-state index in [1.807, 2.05) is 0 Å². The number of H-pyrrole nitrogens is 1. The number of aromatic nitrogens is 2. The maximum atomic E-state index is 12.3. The van der Waals surface area contributed by atoms with Gasteiger partial charge < -0.3 is 15.6 Å². The largest absolute Gasteiger partial charge is 0.484 e. The van der Waals surface area contributed by atoms with Crippen molar-refractivity contribution in [3.8, 4) is 5.75 Å². The highest BCUT2D eigenvalue weighted by atomic mass is 16.5. The molecular formula is C17H19N3O5. The van der Waals surface area contributed by atoms with Crippen molar-refractivity contribution in [2.24, 2.45) is 5.73 Å². The number of carbonyl (C=O) groups is 1. The summed E-state index contributed by atoms with van der Waals surface area (Å²) in [6.45, 7) is 4.86. The van der Waals surface area contributed by atoms with Gasteiger partial charge in [-0.15, -0.1) is 0 Å². The van der Waals surface area contributed by atoms with Crippen molar-refractivity contribution < 1.29 is 14.6 Å². The second kappa shape index (κ2) is 5.32. The Balaban J connectivity index is 2.36. The monoisotopic (exact) mass is 345 g/mol. The van der Waals surface area contributed by atoms with E-state index in [0.29, 0.717) is 11.3 Å². The van der Waals surface area contributed by atoms with Crippen molar-refractivity contribution in [3.63, 3.8) is 0 Å². The average molecular weight is 345 g/mol. The van der Waals surface area contributed by atoms with Gasteiger partial charge in [0.1, 0.15) is 23.0 Å². The van der Waals surface area contributed by atoms with E-state index >= 15 is 0 Å². The van der Waals surface area contributed by atoms with Gasteiger partial charge in [-0.25, -0.2) is 4.68 Å². The third-order valence-corrected chi connectivity index (χ3v) is 4.81. The van der Waals surface area contributed by atoms with Gasteiger partial charge in [0.15, 0.2) is 0 Å². The molecule has 0 saturated heterocycles. The predicted octanol–water partition coefficient (Wildman–Crippen LogP) is 0.147. The van der Waals surface area contributed by atoms with Crippen molar-refractivity contribution in [2.75, 3.05) is 0 Å². The molecule has 2 heterocycles. The number of fused-ring (bicyclic) bond motifs is 1. The smallest absolute Gasteiger partial charge is 0.265 e. The van der Waals surface area contributed by atoms with Gasteiger partial charge in [0.2, 0.25) is 5.91 Å². The van der Waals surface area contributed by atoms with E-state index in [9.17, 15) is 19.5 Å². The molecule has 3 rings (SSSR count). The van der Waals surface area contributed by atoms with E-state index in [1.54, 1.807) is 19.9 Å². The fraction of sp³-hybridized carbons (Fsp3) is 0.353. The fourth-order valence-corrected chi connectivity index (χ4v) is 3.04. The molecular weight excluding hydrogens is 326 g/mol. The lowest BCUT2D eigenvalue weighted by molar-refractivity contribution is -0.141. The molecule has 132 valence electrons. The van der Waals surface area contributed by atoms with Crippen LogP contribution in [-0.2, 0) is 0 Å². The van der Waals surface area contributed by atoms with E-state index in [-0.39, 0.29) is 5.56 Å². The molecule has 4 N–H and O–H groups in total. The number of rotatable bonds is 2. The molecule has 0 spiro atoms. The van der Waals surface area contributed by atoms with Crippen LogP contribution in [-0.4, -0.2) is 32.0 Å². The normalized spacial score (nSPS) is 24.2. The first-order valence-corrected chi connectivity index (χ1v) is 7.71. The van der Waals surface area contributed by atoms with Crippen molar-refractivity contribution in [1.82, 2.24) is 9.78 Å². The van der Waals surface area contributed by atoms with Crippen LogP contribution >= 0.6 is 0 Å². The van der Waals surface area contributed by atoms with Crippen LogP contribution in [0.25, 0.3) is 0 Å². The van der Waals surface area contributed by atoms with E-state index in [4.69, 9.17) is 10.5 Å². The van der Waals surface area contributed by atoms with Crippen LogP contribution in [0, 0.1) is 0 Å². The molecule has 2 aromatic rings. The number of aliphatic hydroxyl groups is 1. The molecule has 1 aliphatic rings. The Labute approximate surface area is 142 Å². The van der Waals surface area contributed by atoms with E-state index in [1.165, 1.54) is 19.1 Å². The molecule has 1 aliphatic heterocycles. The van der Waals surface area contributed by atoms with E-state index < -0.39 is 34.3 Å². The van der Waals surface area contributed by atoms with Crippen molar-refractivity contribution >= 4 is 5.91 Å². The summed E-state index contributed by atoms with van der Waals surface area (Å²) in [5, 5.41) is 13.6. The highest BCUT2D eigenvalue weighted by molar-refractivity contribution is 5.93. The third kappa shape index (κ3) is 2.54. The Kier molecular flexibility index (Phi) is 3.61. The SMILES string of the molecule is CC1(C)Oc2ccc(C(N)=O)cc2C(n2[nH]c(=O)ccc2=O)C1(C)O. The standard InChI is InChI=1S/C17H19N3O5/c1-16(2)17(3,24)14(20-13(22)7-6-12(21)19-20)10-8-9(15(18)23)4-5-11(10)25-16/h4-8,14,24H,1-3H3,(H2,18,23)(H,19,21). The summed E-state index contributed by atoms with van der Waals surface area (Å²) in [4.78, 5) is 35.6. The second-order valence-electron chi connectivity index (χ2n) is 6.80. The number of primary amides is 1. The maximum absolute atomic E-state index is 12.3. The first-order chi connectivity index (χ1) is 11.5. The van der Waals surface area contributed by atoms with E-state index in [2.05, 4.69) is 5.10 Å². The summed E-state index contributed by atoms with van der Waals surface area (Å²) in [7, 11) is 0. The molecule has 8 heteroatoms. The lowest BCUT2D eigenvalue weighted by Gasteiger charge is -2.49. The Morgan fingerprint density at radius 1 is 1.24 bits per heavy atom. The van der Waals surface area contributed by atoms with Crippen molar-refractivity contribution in [2.45, 2.75) is 38.0 Å². The van der Waals surface area contributed by atoms with Gasteiger partial charge in [0.25, 0.3) is 11.1 Å². The molecule has 1 amide bonds. The molecule has 8 nitrogen and oxygen atoms in total. The van der Waals surface area contributed by atoms with Crippen LogP contribution in [0.5, 0.6) is 5.75 Å². The number of benzene rings is 1. The minimum Gasteiger partial charge on any atom is -0.484 e. The third-order valence-electron chi connectivity index (χ3n) is 4.81. The Morgan fingerprint density at radius 2 is 1.92 bits per heavy atom. The number of carbonyl (C=O) groups excluding carboxylic acids is 1. The van der Waals surface area contributed by atoms with Crippen LogP contribution in [0.3, 0.4) is 0 Å². The van der Waals surface area contributed by atoms with Gasteiger partial charge in [-0.1, -0.05) is 0 Å². The van der Waals surface area contributed by atoms with Gasteiger partial charge >= 0.3 is 0 Å². The lowest BCUT2D eigenvalue weighted by atomic mass is 9.75. The van der Waals surface area contributed by atoms with Gasteiger partial charge in [-0.2, -0.15) is 0 Å². The van der Waals surface area contributed by atoms with Gasteiger partial charge in [0, 0.05) is 23.3 Å². The first kappa shape index (κ1) is 17.0. The number of aromatic amines is 1. The molecule has 25 heavy (non-hydrogen) atoms. The summed E-state index contributed by atoms with van der Waals surface area (Å²) >= 11 is 0. The second-order valence-corrected chi connectivity index (χ2v) is 6.80. The van der Waals surface area contributed by atoms with Crippen LogP contribution in [0.4, 0.5) is 0 Å². The van der Waals surface area contributed by atoms with Gasteiger partial charge in [-0.3, -0.25) is 19.5 Å². The summed E-state index contributed by atoms with van der Waals surface area (Å²) in [5.41, 5.74) is 2.27. The summed E-state index contributed by atoms with van der Waals surface area (Å²) in [6.07, 6.45) is 0. The highest BCUT2D eigenvalue weighted by Gasteiger charge is 2.54.